The van der Waals surface area contributed by atoms with Gasteiger partial charge in [-0.15, -0.1) is 11.3 Å². The van der Waals surface area contributed by atoms with E-state index in [4.69, 9.17) is 4.74 Å². The molecule has 2 aromatic rings. The maximum atomic E-state index is 12.4. The maximum Gasteiger partial charge on any atom is 0.341 e. The van der Waals surface area contributed by atoms with Crippen molar-refractivity contribution in [3.63, 3.8) is 0 Å². The molecular formula is C17H19N3O3S. The highest BCUT2D eigenvalue weighted by Crippen LogP contribution is 2.38. The van der Waals surface area contributed by atoms with Crippen molar-refractivity contribution >= 4 is 28.2 Å². The number of fused-ring (bicyclic) bond motifs is 1. The van der Waals surface area contributed by atoms with Crippen molar-refractivity contribution in [1.29, 1.82) is 0 Å². The van der Waals surface area contributed by atoms with Crippen LogP contribution in [0.3, 0.4) is 0 Å². The van der Waals surface area contributed by atoms with Crippen LogP contribution in [0, 0.1) is 6.92 Å². The SMILES string of the molecule is CCOC(=O)c1c(NC(=O)c2cnc(C)cn2)sc2c1CCCC2. The molecule has 24 heavy (non-hydrogen) atoms. The summed E-state index contributed by atoms with van der Waals surface area (Å²) in [6, 6.07) is 0. The first-order valence-electron chi connectivity index (χ1n) is 8.01. The molecule has 1 aliphatic carbocycles. The van der Waals surface area contributed by atoms with Crippen LogP contribution in [-0.4, -0.2) is 28.5 Å². The van der Waals surface area contributed by atoms with Crippen molar-refractivity contribution in [2.75, 3.05) is 11.9 Å². The Bertz CT molecular complexity index is 768. The Morgan fingerprint density at radius 3 is 2.75 bits per heavy atom. The van der Waals surface area contributed by atoms with Crippen molar-refractivity contribution in [3.8, 4) is 0 Å². The van der Waals surface area contributed by atoms with Gasteiger partial charge in [0.1, 0.15) is 10.7 Å². The van der Waals surface area contributed by atoms with E-state index in [1.54, 1.807) is 20.0 Å². The average Bonchev–Trinajstić information content (AvgIpc) is 2.93. The number of aromatic nitrogens is 2. The fourth-order valence-corrected chi connectivity index (χ4v) is 4.02. The first-order valence-corrected chi connectivity index (χ1v) is 8.83. The predicted octanol–water partition coefficient (Wildman–Crippen LogP) is 3.15. The highest BCUT2D eigenvalue weighted by Gasteiger charge is 2.27. The molecule has 2 aromatic heterocycles. The zero-order valence-electron chi connectivity index (χ0n) is 13.7. The second-order valence-corrected chi connectivity index (χ2v) is 6.74. The molecule has 0 aliphatic heterocycles. The van der Waals surface area contributed by atoms with Crippen molar-refractivity contribution in [3.05, 3.63) is 39.8 Å². The van der Waals surface area contributed by atoms with Crippen molar-refractivity contribution in [2.24, 2.45) is 0 Å². The number of carbonyl (C=O) groups is 2. The number of ether oxygens (including phenoxy) is 1. The Balaban J connectivity index is 1.91. The number of hydrogen-bond acceptors (Lipinski definition) is 6. The number of amides is 1. The molecule has 3 rings (SSSR count). The second kappa shape index (κ2) is 7.09. The van der Waals surface area contributed by atoms with Gasteiger partial charge in [0.25, 0.3) is 5.91 Å². The van der Waals surface area contributed by atoms with E-state index in [0.29, 0.717) is 17.2 Å². The molecule has 0 saturated heterocycles. The molecule has 0 atom stereocenters. The Morgan fingerprint density at radius 1 is 1.25 bits per heavy atom. The van der Waals surface area contributed by atoms with Gasteiger partial charge in [-0.3, -0.25) is 9.78 Å². The second-order valence-electron chi connectivity index (χ2n) is 5.63. The lowest BCUT2D eigenvalue weighted by Crippen LogP contribution is -2.17. The maximum absolute atomic E-state index is 12.4. The molecule has 1 N–H and O–H groups in total. The molecule has 1 aliphatic rings. The Labute approximate surface area is 144 Å². The topological polar surface area (TPSA) is 81.2 Å². The third-order valence-corrected chi connectivity index (χ3v) is 5.10. The van der Waals surface area contributed by atoms with E-state index in [0.717, 1.165) is 41.8 Å². The van der Waals surface area contributed by atoms with E-state index in [1.165, 1.54) is 17.5 Å². The van der Waals surface area contributed by atoms with Gasteiger partial charge in [0, 0.05) is 11.1 Å². The van der Waals surface area contributed by atoms with E-state index < -0.39 is 0 Å². The largest absolute Gasteiger partial charge is 0.462 e. The summed E-state index contributed by atoms with van der Waals surface area (Å²) in [5.74, 6) is -0.742. The summed E-state index contributed by atoms with van der Waals surface area (Å²) >= 11 is 1.46. The number of thiophene rings is 1. The van der Waals surface area contributed by atoms with Gasteiger partial charge in [-0.1, -0.05) is 0 Å². The monoisotopic (exact) mass is 345 g/mol. The van der Waals surface area contributed by atoms with Crippen LogP contribution >= 0.6 is 11.3 Å². The van der Waals surface area contributed by atoms with E-state index >= 15 is 0 Å². The third-order valence-electron chi connectivity index (χ3n) is 3.89. The number of rotatable bonds is 4. The molecule has 0 unspecified atom stereocenters. The predicted molar refractivity (Wildman–Crippen MR) is 91.6 cm³/mol. The van der Waals surface area contributed by atoms with Crippen LogP contribution in [0.15, 0.2) is 12.4 Å². The first kappa shape index (κ1) is 16.6. The van der Waals surface area contributed by atoms with Gasteiger partial charge in [-0.2, -0.15) is 0 Å². The van der Waals surface area contributed by atoms with Gasteiger partial charge in [0.15, 0.2) is 0 Å². The van der Waals surface area contributed by atoms with Gasteiger partial charge >= 0.3 is 5.97 Å². The molecule has 0 saturated carbocycles. The van der Waals surface area contributed by atoms with Gasteiger partial charge < -0.3 is 10.1 Å². The van der Waals surface area contributed by atoms with Crippen LogP contribution in [0.5, 0.6) is 0 Å². The molecule has 0 spiro atoms. The Kier molecular flexibility index (Phi) is 4.89. The smallest absolute Gasteiger partial charge is 0.341 e. The molecule has 0 aromatic carbocycles. The van der Waals surface area contributed by atoms with Crippen LogP contribution < -0.4 is 5.32 Å². The molecule has 2 heterocycles. The highest BCUT2D eigenvalue weighted by atomic mass is 32.1. The number of aryl methyl sites for hydroxylation is 2. The quantitative estimate of drug-likeness (QED) is 0.861. The Morgan fingerprint density at radius 2 is 2.04 bits per heavy atom. The molecule has 0 fully saturated rings. The summed E-state index contributed by atoms with van der Waals surface area (Å²) < 4.78 is 5.18. The molecular weight excluding hydrogens is 326 g/mol. The number of nitrogens with one attached hydrogen (secondary N) is 1. The summed E-state index contributed by atoms with van der Waals surface area (Å²) in [6.45, 7) is 3.89. The van der Waals surface area contributed by atoms with Crippen LogP contribution in [0.4, 0.5) is 5.00 Å². The van der Waals surface area contributed by atoms with Crippen LogP contribution in [0.1, 0.15) is 56.7 Å². The number of esters is 1. The highest BCUT2D eigenvalue weighted by molar-refractivity contribution is 7.17. The number of hydrogen-bond donors (Lipinski definition) is 1. The van der Waals surface area contributed by atoms with E-state index in [-0.39, 0.29) is 17.6 Å². The number of anilines is 1. The van der Waals surface area contributed by atoms with E-state index in [2.05, 4.69) is 15.3 Å². The van der Waals surface area contributed by atoms with E-state index in [9.17, 15) is 9.59 Å². The Hall–Kier alpha value is -2.28. The molecule has 7 heteroatoms. The molecule has 1 amide bonds. The van der Waals surface area contributed by atoms with Crippen molar-refractivity contribution in [1.82, 2.24) is 9.97 Å². The lowest BCUT2D eigenvalue weighted by molar-refractivity contribution is 0.0526. The van der Waals surface area contributed by atoms with E-state index in [1.807, 2.05) is 0 Å². The van der Waals surface area contributed by atoms with Crippen molar-refractivity contribution < 1.29 is 14.3 Å². The van der Waals surface area contributed by atoms with Crippen LogP contribution in [0.2, 0.25) is 0 Å². The number of carbonyl (C=O) groups excluding carboxylic acids is 2. The molecule has 0 bridgehead atoms. The summed E-state index contributed by atoms with van der Waals surface area (Å²) in [4.78, 5) is 34.1. The van der Waals surface area contributed by atoms with Gasteiger partial charge in [-0.25, -0.2) is 9.78 Å². The zero-order chi connectivity index (χ0) is 17.1. The summed E-state index contributed by atoms with van der Waals surface area (Å²) in [6.07, 6.45) is 6.91. The zero-order valence-corrected chi connectivity index (χ0v) is 14.5. The normalized spacial score (nSPS) is 13.2. The number of nitrogens with zero attached hydrogens (tertiary/aromatic N) is 2. The van der Waals surface area contributed by atoms with Gasteiger partial charge in [0.05, 0.1) is 24.1 Å². The van der Waals surface area contributed by atoms with Crippen molar-refractivity contribution in [2.45, 2.75) is 39.5 Å². The van der Waals surface area contributed by atoms with Gasteiger partial charge in [0.2, 0.25) is 0 Å². The third kappa shape index (κ3) is 3.31. The standard InChI is InChI=1S/C17H19N3O3S/c1-3-23-17(22)14-11-6-4-5-7-13(11)24-16(14)20-15(21)12-9-18-10(2)8-19-12/h8-9H,3-7H2,1-2H3,(H,20,21). The van der Waals surface area contributed by atoms with Crippen LogP contribution in [-0.2, 0) is 17.6 Å². The summed E-state index contributed by atoms with van der Waals surface area (Å²) in [5.41, 5.74) is 2.49. The minimum absolute atomic E-state index is 0.224. The fraction of sp³-hybridized carbons (Fsp3) is 0.412. The summed E-state index contributed by atoms with van der Waals surface area (Å²) in [7, 11) is 0. The van der Waals surface area contributed by atoms with Crippen LogP contribution in [0.25, 0.3) is 0 Å². The van der Waals surface area contributed by atoms with Gasteiger partial charge in [-0.05, 0) is 45.1 Å². The lowest BCUT2D eigenvalue weighted by atomic mass is 9.95. The fourth-order valence-electron chi connectivity index (χ4n) is 2.75. The molecule has 0 radical (unpaired) electrons. The molecule has 126 valence electrons. The molecule has 6 nitrogen and oxygen atoms in total. The minimum atomic E-state index is -0.373. The lowest BCUT2D eigenvalue weighted by Gasteiger charge is -2.12. The average molecular weight is 345 g/mol. The first-order chi connectivity index (χ1) is 11.6. The summed E-state index contributed by atoms with van der Waals surface area (Å²) in [5, 5.41) is 3.37. The minimum Gasteiger partial charge on any atom is -0.462 e.